The predicted octanol–water partition coefficient (Wildman–Crippen LogP) is 0.911. The number of aliphatic carboxylic acids is 1. The van der Waals surface area contributed by atoms with Crippen molar-refractivity contribution >= 4 is 5.97 Å². The van der Waals surface area contributed by atoms with Crippen LogP contribution in [0, 0.1) is 0 Å². The maximum Gasteiger partial charge on any atom is 0.317 e. The van der Waals surface area contributed by atoms with Crippen LogP contribution >= 0.6 is 0 Å². The first-order valence-electron chi connectivity index (χ1n) is 5.06. The highest BCUT2D eigenvalue weighted by Gasteiger charge is 2.08. The molecule has 2 aromatic rings. The third-order valence-corrected chi connectivity index (χ3v) is 2.05. The van der Waals surface area contributed by atoms with Gasteiger partial charge < -0.3 is 9.63 Å². The Morgan fingerprint density at radius 2 is 2.12 bits per heavy atom. The number of carbonyl (C=O) groups is 1. The molecule has 0 spiro atoms. The molecule has 6 heteroatoms. The van der Waals surface area contributed by atoms with E-state index in [1.165, 1.54) is 0 Å². The van der Waals surface area contributed by atoms with Crippen LogP contribution in [0.25, 0.3) is 11.5 Å². The number of nitrogens with zero attached hydrogens (tertiary/aromatic N) is 2. The number of hydrogen-bond donors (Lipinski definition) is 2. The highest BCUT2D eigenvalue weighted by Crippen LogP contribution is 2.15. The lowest BCUT2D eigenvalue weighted by molar-refractivity contribution is -0.136. The molecule has 88 valence electrons. The average Bonchev–Trinajstić information content (AvgIpc) is 2.78. The molecule has 0 aliphatic heterocycles. The van der Waals surface area contributed by atoms with E-state index in [1.54, 1.807) is 0 Å². The Morgan fingerprint density at radius 3 is 2.82 bits per heavy atom. The lowest BCUT2D eigenvalue weighted by Gasteiger charge is -1.94. The van der Waals surface area contributed by atoms with Crippen LogP contribution in [-0.2, 0) is 11.3 Å². The molecule has 0 aliphatic rings. The third-order valence-electron chi connectivity index (χ3n) is 2.05. The smallest absolute Gasteiger partial charge is 0.317 e. The largest absolute Gasteiger partial charge is 0.480 e. The summed E-state index contributed by atoms with van der Waals surface area (Å²) in [5.41, 5.74) is 0.837. The molecule has 1 aromatic carbocycles. The Hall–Kier alpha value is -2.21. The first-order chi connectivity index (χ1) is 8.25. The molecule has 0 saturated heterocycles. The molecule has 1 heterocycles. The van der Waals surface area contributed by atoms with Crippen LogP contribution in [0.4, 0.5) is 0 Å². The summed E-state index contributed by atoms with van der Waals surface area (Å²) in [7, 11) is 0. The molecule has 0 atom stereocenters. The van der Waals surface area contributed by atoms with Crippen LogP contribution in [-0.4, -0.2) is 27.8 Å². The summed E-state index contributed by atoms with van der Waals surface area (Å²) in [6.45, 7) is 0.137. The zero-order valence-corrected chi connectivity index (χ0v) is 8.96. The number of aromatic nitrogens is 2. The zero-order valence-electron chi connectivity index (χ0n) is 8.96. The Labute approximate surface area is 97.3 Å². The maximum atomic E-state index is 10.3. The lowest BCUT2D eigenvalue weighted by atomic mass is 10.2. The molecule has 0 amide bonds. The van der Waals surface area contributed by atoms with E-state index in [0.717, 1.165) is 5.56 Å². The fraction of sp³-hybridized carbons (Fsp3) is 0.182. The van der Waals surface area contributed by atoms with Crippen molar-refractivity contribution in [2.45, 2.75) is 6.54 Å². The molecule has 0 radical (unpaired) electrons. The van der Waals surface area contributed by atoms with E-state index in [-0.39, 0.29) is 13.1 Å². The van der Waals surface area contributed by atoms with Gasteiger partial charge in [-0.1, -0.05) is 23.4 Å². The van der Waals surface area contributed by atoms with Gasteiger partial charge in [0.05, 0.1) is 13.1 Å². The normalized spacial score (nSPS) is 10.4. The molecule has 2 rings (SSSR count). The van der Waals surface area contributed by atoms with E-state index in [2.05, 4.69) is 15.5 Å². The SMILES string of the molecule is O=C(O)CNCc1noc(-c2ccccc2)n1. The minimum absolute atomic E-state index is 0.130. The molecule has 1 aromatic heterocycles. The van der Waals surface area contributed by atoms with Crippen LogP contribution < -0.4 is 5.32 Å². The number of benzene rings is 1. The fourth-order valence-corrected chi connectivity index (χ4v) is 1.30. The lowest BCUT2D eigenvalue weighted by Crippen LogP contribution is -2.22. The monoisotopic (exact) mass is 233 g/mol. The van der Waals surface area contributed by atoms with Gasteiger partial charge in [-0.2, -0.15) is 4.98 Å². The number of nitrogens with one attached hydrogen (secondary N) is 1. The van der Waals surface area contributed by atoms with Gasteiger partial charge >= 0.3 is 5.97 Å². The topological polar surface area (TPSA) is 88.2 Å². The van der Waals surface area contributed by atoms with Gasteiger partial charge in [0, 0.05) is 5.56 Å². The van der Waals surface area contributed by atoms with Crippen LogP contribution in [0.15, 0.2) is 34.9 Å². The van der Waals surface area contributed by atoms with Crippen molar-refractivity contribution < 1.29 is 14.4 Å². The Kier molecular flexibility index (Phi) is 3.46. The van der Waals surface area contributed by atoms with Crippen molar-refractivity contribution in [1.29, 1.82) is 0 Å². The summed E-state index contributed by atoms with van der Waals surface area (Å²) in [5, 5.41) is 14.9. The molecule has 0 unspecified atom stereocenters. The standard InChI is InChI=1S/C11H11N3O3/c15-10(16)7-12-6-9-13-11(17-14-9)8-4-2-1-3-5-8/h1-5,12H,6-7H2,(H,15,16). The average molecular weight is 233 g/mol. The number of carboxylic acids is 1. The fourth-order valence-electron chi connectivity index (χ4n) is 1.30. The molecule has 0 fully saturated rings. The van der Waals surface area contributed by atoms with Crippen molar-refractivity contribution in [1.82, 2.24) is 15.5 Å². The second-order valence-electron chi connectivity index (χ2n) is 3.38. The third kappa shape index (κ3) is 3.12. The number of carboxylic acid groups (broad SMARTS) is 1. The summed E-state index contributed by atoms with van der Waals surface area (Å²) in [5.74, 6) is -0.0559. The van der Waals surface area contributed by atoms with E-state index in [4.69, 9.17) is 9.63 Å². The van der Waals surface area contributed by atoms with E-state index < -0.39 is 5.97 Å². The first kappa shape index (κ1) is 11.3. The minimum Gasteiger partial charge on any atom is -0.480 e. The molecular formula is C11H11N3O3. The van der Waals surface area contributed by atoms with Crippen LogP contribution in [0.2, 0.25) is 0 Å². The minimum atomic E-state index is -0.920. The van der Waals surface area contributed by atoms with Gasteiger partial charge in [-0.3, -0.25) is 10.1 Å². The van der Waals surface area contributed by atoms with Crippen molar-refractivity contribution in [3.05, 3.63) is 36.2 Å². The number of rotatable bonds is 5. The summed E-state index contributed by atoms with van der Waals surface area (Å²) < 4.78 is 5.06. The Balaban J connectivity index is 1.99. The van der Waals surface area contributed by atoms with Crippen molar-refractivity contribution in [3.63, 3.8) is 0 Å². The van der Waals surface area contributed by atoms with E-state index in [1.807, 2.05) is 30.3 Å². The van der Waals surface area contributed by atoms with Gasteiger partial charge in [-0.15, -0.1) is 0 Å². The summed E-state index contributed by atoms with van der Waals surface area (Å²) >= 11 is 0. The summed E-state index contributed by atoms with van der Waals surface area (Å²) in [6, 6.07) is 9.38. The molecular weight excluding hydrogens is 222 g/mol. The van der Waals surface area contributed by atoms with Gasteiger partial charge in [0.25, 0.3) is 5.89 Å². The molecule has 17 heavy (non-hydrogen) atoms. The van der Waals surface area contributed by atoms with Crippen molar-refractivity contribution in [2.75, 3.05) is 6.54 Å². The molecule has 0 bridgehead atoms. The Morgan fingerprint density at radius 1 is 1.35 bits per heavy atom. The van der Waals surface area contributed by atoms with Gasteiger partial charge in [0.15, 0.2) is 5.82 Å². The number of hydrogen-bond acceptors (Lipinski definition) is 5. The quantitative estimate of drug-likeness (QED) is 0.798. The molecule has 6 nitrogen and oxygen atoms in total. The molecule has 2 N–H and O–H groups in total. The van der Waals surface area contributed by atoms with E-state index in [9.17, 15) is 4.79 Å². The van der Waals surface area contributed by atoms with Crippen LogP contribution in [0.3, 0.4) is 0 Å². The second kappa shape index (κ2) is 5.22. The second-order valence-corrected chi connectivity index (χ2v) is 3.38. The van der Waals surface area contributed by atoms with Gasteiger partial charge in [0.2, 0.25) is 0 Å². The maximum absolute atomic E-state index is 10.3. The van der Waals surface area contributed by atoms with E-state index in [0.29, 0.717) is 11.7 Å². The Bertz CT molecular complexity index is 496. The molecule has 0 saturated carbocycles. The van der Waals surface area contributed by atoms with Crippen LogP contribution in [0.1, 0.15) is 5.82 Å². The van der Waals surface area contributed by atoms with Gasteiger partial charge in [-0.05, 0) is 12.1 Å². The highest BCUT2D eigenvalue weighted by atomic mass is 16.5. The van der Waals surface area contributed by atoms with Gasteiger partial charge in [0.1, 0.15) is 0 Å². The summed E-state index contributed by atoms with van der Waals surface area (Å²) in [4.78, 5) is 14.4. The van der Waals surface area contributed by atoms with E-state index >= 15 is 0 Å². The zero-order chi connectivity index (χ0) is 12.1. The first-order valence-corrected chi connectivity index (χ1v) is 5.06. The van der Waals surface area contributed by atoms with Crippen molar-refractivity contribution in [3.8, 4) is 11.5 Å². The summed E-state index contributed by atoms with van der Waals surface area (Å²) in [6.07, 6.45) is 0. The molecule has 0 aliphatic carbocycles. The highest BCUT2D eigenvalue weighted by molar-refractivity contribution is 5.68. The van der Waals surface area contributed by atoms with Crippen molar-refractivity contribution in [2.24, 2.45) is 0 Å². The van der Waals surface area contributed by atoms with Crippen LogP contribution in [0.5, 0.6) is 0 Å². The predicted molar refractivity (Wildman–Crippen MR) is 59.1 cm³/mol. The van der Waals surface area contributed by atoms with Gasteiger partial charge in [-0.25, -0.2) is 0 Å².